The fraction of sp³-hybridized carbons (Fsp3) is 0.625. The van der Waals surface area contributed by atoms with Gasteiger partial charge in [-0.1, -0.05) is 41.9 Å². The average Bonchev–Trinajstić information content (AvgIpc) is 2.32. The lowest BCUT2D eigenvalue weighted by molar-refractivity contribution is 0.216. The molecule has 1 aliphatic rings. The predicted octanol–water partition coefficient (Wildman–Crippen LogP) is 4.92. The van der Waals surface area contributed by atoms with Crippen molar-refractivity contribution < 1.29 is 0 Å². The summed E-state index contributed by atoms with van der Waals surface area (Å²) in [6.45, 7) is 7.04. The van der Waals surface area contributed by atoms with Crippen molar-refractivity contribution in [3.05, 3.63) is 34.3 Å². The largest absolute Gasteiger partial charge is 0.307 e. The van der Waals surface area contributed by atoms with Gasteiger partial charge in [-0.05, 0) is 55.7 Å². The molecule has 2 heteroatoms. The Morgan fingerprint density at radius 2 is 2.06 bits per heavy atom. The molecular weight excluding hydrogens is 286 g/mol. The van der Waals surface area contributed by atoms with Crippen LogP contribution in [0.3, 0.4) is 0 Å². The van der Waals surface area contributed by atoms with E-state index in [1.807, 2.05) is 0 Å². The van der Waals surface area contributed by atoms with Gasteiger partial charge in [0, 0.05) is 16.6 Å². The maximum atomic E-state index is 3.81. The maximum absolute atomic E-state index is 3.81. The van der Waals surface area contributed by atoms with Crippen LogP contribution in [0.25, 0.3) is 0 Å². The minimum atomic E-state index is 0.434. The van der Waals surface area contributed by atoms with Gasteiger partial charge in [-0.25, -0.2) is 0 Å². The normalized spacial score (nSPS) is 30.1. The highest BCUT2D eigenvalue weighted by atomic mass is 79.9. The fourth-order valence-corrected chi connectivity index (χ4v) is 3.52. The molecule has 0 aromatic heterocycles. The fourth-order valence-electron chi connectivity index (χ4n) is 3.11. The Morgan fingerprint density at radius 1 is 1.28 bits per heavy atom. The summed E-state index contributed by atoms with van der Waals surface area (Å²) in [6, 6.07) is 9.73. The number of halogens is 1. The predicted molar refractivity (Wildman–Crippen MR) is 81.7 cm³/mol. The van der Waals surface area contributed by atoms with Crippen molar-refractivity contribution in [1.29, 1.82) is 0 Å². The van der Waals surface area contributed by atoms with E-state index in [2.05, 4.69) is 66.3 Å². The molecule has 1 aromatic carbocycles. The van der Waals surface area contributed by atoms with Crippen molar-refractivity contribution in [3.8, 4) is 0 Å². The van der Waals surface area contributed by atoms with Crippen LogP contribution in [-0.4, -0.2) is 6.04 Å². The first-order valence-corrected chi connectivity index (χ1v) is 7.87. The molecule has 0 amide bonds. The second kappa shape index (κ2) is 6.21. The van der Waals surface area contributed by atoms with Gasteiger partial charge in [0.15, 0.2) is 0 Å². The van der Waals surface area contributed by atoms with Gasteiger partial charge in [0.2, 0.25) is 0 Å². The van der Waals surface area contributed by atoms with Gasteiger partial charge in [0.1, 0.15) is 0 Å². The molecule has 3 unspecified atom stereocenters. The van der Waals surface area contributed by atoms with Crippen LogP contribution in [0, 0.1) is 11.8 Å². The molecule has 0 aliphatic heterocycles. The molecule has 1 saturated carbocycles. The number of hydrogen-bond donors (Lipinski definition) is 1. The summed E-state index contributed by atoms with van der Waals surface area (Å²) >= 11 is 3.55. The SMILES string of the molecule is CC1CCC(N[C@H](C)c2cccc(Br)c2)C(C)C1. The van der Waals surface area contributed by atoms with Crippen molar-refractivity contribution in [2.75, 3.05) is 0 Å². The highest BCUT2D eigenvalue weighted by Gasteiger charge is 2.26. The second-order valence-electron chi connectivity index (χ2n) is 5.95. The highest BCUT2D eigenvalue weighted by molar-refractivity contribution is 9.10. The standard InChI is InChI=1S/C16H24BrN/c1-11-7-8-16(12(2)9-11)18-13(3)14-5-4-6-15(17)10-14/h4-6,10-13,16,18H,7-9H2,1-3H3/t11?,12?,13-,16?/m1/s1. The van der Waals surface area contributed by atoms with Crippen LogP contribution >= 0.6 is 15.9 Å². The molecular formula is C16H24BrN. The third-order valence-electron chi connectivity index (χ3n) is 4.24. The van der Waals surface area contributed by atoms with Gasteiger partial charge in [-0.3, -0.25) is 0 Å². The molecule has 0 saturated heterocycles. The third kappa shape index (κ3) is 3.58. The van der Waals surface area contributed by atoms with Crippen LogP contribution in [0.1, 0.15) is 51.6 Å². The zero-order chi connectivity index (χ0) is 13.1. The molecule has 100 valence electrons. The van der Waals surface area contributed by atoms with Crippen LogP contribution in [-0.2, 0) is 0 Å². The molecule has 1 nitrogen and oxygen atoms in total. The summed E-state index contributed by atoms with van der Waals surface area (Å²) in [5, 5.41) is 3.81. The average molecular weight is 310 g/mol. The molecule has 18 heavy (non-hydrogen) atoms. The lowest BCUT2D eigenvalue weighted by atomic mass is 9.79. The van der Waals surface area contributed by atoms with Crippen LogP contribution in [0.5, 0.6) is 0 Å². The summed E-state index contributed by atoms with van der Waals surface area (Å²) < 4.78 is 1.17. The first-order valence-electron chi connectivity index (χ1n) is 7.07. The highest BCUT2D eigenvalue weighted by Crippen LogP contribution is 2.30. The van der Waals surface area contributed by atoms with E-state index in [9.17, 15) is 0 Å². The summed E-state index contributed by atoms with van der Waals surface area (Å²) in [5.41, 5.74) is 1.37. The van der Waals surface area contributed by atoms with E-state index in [1.54, 1.807) is 0 Å². The van der Waals surface area contributed by atoms with E-state index >= 15 is 0 Å². The molecule has 0 bridgehead atoms. The molecule has 1 fully saturated rings. The topological polar surface area (TPSA) is 12.0 Å². The third-order valence-corrected chi connectivity index (χ3v) is 4.74. The van der Waals surface area contributed by atoms with E-state index < -0.39 is 0 Å². The van der Waals surface area contributed by atoms with Gasteiger partial charge >= 0.3 is 0 Å². The monoisotopic (exact) mass is 309 g/mol. The molecule has 1 aliphatic carbocycles. The Labute approximate surface area is 119 Å². The van der Waals surface area contributed by atoms with Crippen molar-refractivity contribution in [2.24, 2.45) is 11.8 Å². The van der Waals surface area contributed by atoms with E-state index in [-0.39, 0.29) is 0 Å². The van der Waals surface area contributed by atoms with Gasteiger partial charge in [0.25, 0.3) is 0 Å². The van der Waals surface area contributed by atoms with E-state index in [4.69, 9.17) is 0 Å². The molecule has 0 heterocycles. The lowest BCUT2D eigenvalue weighted by Gasteiger charge is -2.35. The molecule has 0 radical (unpaired) electrons. The quantitative estimate of drug-likeness (QED) is 0.835. The van der Waals surface area contributed by atoms with Gasteiger partial charge < -0.3 is 5.32 Å². The van der Waals surface area contributed by atoms with E-state index in [1.165, 1.54) is 29.3 Å². The van der Waals surface area contributed by atoms with Crippen molar-refractivity contribution >= 4 is 15.9 Å². The van der Waals surface area contributed by atoms with Gasteiger partial charge in [-0.15, -0.1) is 0 Å². The molecule has 1 N–H and O–H groups in total. The summed E-state index contributed by atoms with van der Waals surface area (Å²) in [6.07, 6.45) is 4.05. The Balaban J connectivity index is 1.97. The minimum absolute atomic E-state index is 0.434. The van der Waals surface area contributed by atoms with Crippen LogP contribution in [0.15, 0.2) is 28.7 Å². The number of rotatable bonds is 3. The number of hydrogen-bond acceptors (Lipinski definition) is 1. The number of nitrogens with one attached hydrogen (secondary N) is 1. The molecule has 2 rings (SSSR count). The summed E-state index contributed by atoms with van der Waals surface area (Å²) in [5.74, 6) is 1.70. The Bertz CT molecular complexity index is 390. The van der Waals surface area contributed by atoms with Crippen LogP contribution in [0.4, 0.5) is 0 Å². The molecule has 0 spiro atoms. The Kier molecular flexibility index (Phi) is 4.85. The van der Waals surface area contributed by atoms with E-state index in [0.717, 1.165) is 11.8 Å². The van der Waals surface area contributed by atoms with Crippen molar-refractivity contribution in [3.63, 3.8) is 0 Å². The van der Waals surface area contributed by atoms with Crippen molar-refractivity contribution in [1.82, 2.24) is 5.32 Å². The van der Waals surface area contributed by atoms with Gasteiger partial charge in [-0.2, -0.15) is 0 Å². The zero-order valence-corrected chi connectivity index (χ0v) is 13.2. The van der Waals surface area contributed by atoms with Crippen molar-refractivity contribution in [2.45, 2.75) is 52.1 Å². The lowest BCUT2D eigenvalue weighted by Crippen LogP contribution is -2.40. The van der Waals surface area contributed by atoms with E-state index in [0.29, 0.717) is 12.1 Å². The Morgan fingerprint density at radius 3 is 2.72 bits per heavy atom. The number of benzene rings is 1. The first-order chi connectivity index (χ1) is 8.56. The zero-order valence-electron chi connectivity index (χ0n) is 11.6. The molecule has 4 atom stereocenters. The maximum Gasteiger partial charge on any atom is 0.0294 e. The first kappa shape index (κ1) is 14.1. The van der Waals surface area contributed by atoms with Crippen LogP contribution < -0.4 is 5.32 Å². The summed E-state index contributed by atoms with van der Waals surface area (Å²) in [4.78, 5) is 0. The second-order valence-corrected chi connectivity index (χ2v) is 6.86. The Hall–Kier alpha value is -0.340. The van der Waals surface area contributed by atoms with Crippen LogP contribution in [0.2, 0.25) is 0 Å². The summed E-state index contributed by atoms with van der Waals surface area (Å²) in [7, 11) is 0. The molecule has 1 aromatic rings. The smallest absolute Gasteiger partial charge is 0.0294 e. The van der Waals surface area contributed by atoms with Gasteiger partial charge in [0.05, 0.1) is 0 Å². The minimum Gasteiger partial charge on any atom is -0.307 e.